The molecule has 1 fully saturated rings. The molecule has 1 aliphatic rings. The van der Waals surface area contributed by atoms with Crippen LogP contribution in [-0.2, 0) is 19.5 Å². The molecule has 0 aliphatic carbocycles. The van der Waals surface area contributed by atoms with Gasteiger partial charge < -0.3 is 15.3 Å². The number of hydrogen-bond acceptors (Lipinski definition) is 4. The Morgan fingerprint density at radius 3 is 2.52 bits per heavy atom. The molecule has 0 spiro atoms. The third kappa shape index (κ3) is 7.88. The summed E-state index contributed by atoms with van der Waals surface area (Å²) < 4.78 is 0. The molecule has 7 heteroatoms. The Morgan fingerprint density at radius 2 is 1.90 bits per heavy atom. The highest BCUT2D eigenvalue weighted by Gasteiger charge is 2.16. The van der Waals surface area contributed by atoms with Crippen molar-refractivity contribution in [3.63, 3.8) is 0 Å². The van der Waals surface area contributed by atoms with E-state index in [0.717, 1.165) is 57.9 Å². The number of likely N-dealkylation sites (tertiary alicyclic amines) is 1. The number of aliphatic imine (C=N–C) groups is 1. The Morgan fingerprint density at radius 1 is 1.21 bits per heavy atom. The number of benzene rings is 1. The number of aliphatic hydroxyl groups excluding tert-OH is 1. The van der Waals surface area contributed by atoms with Crippen LogP contribution >= 0.6 is 35.3 Å². The standard InChI is InChI=1S/C22H32N4OS.HI/c1-23-22(25(2)12-11-21-4-3-15-28-21)24-16-18-5-7-19(8-6-18)17-26-13-9-20(27)10-14-26;/h3-8,15,20,27H,9-14,16-17H2,1-2H3,(H,23,24);1H. The van der Waals surface area contributed by atoms with Crippen molar-refractivity contribution in [2.75, 3.05) is 33.7 Å². The minimum atomic E-state index is -0.109. The predicted molar refractivity (Wildman–Crippen MR) is 133 cm³/mol. The van der Waals surface area contributed by atoms with Crippen LogP contribution in [0.3, 0.4) is 0 Å². The molecule has 0 unspecified atom stereocenters. The first kappa shape index (κ1) is 24.1. The first-order valence-electron chi connectivity index (χ1n) is 10.1. The summed E-state index contributed by atoms with van der Waals surface area (Å²) in [6, 6.07) is 13.1. The average Bonchev–Trinajstić information content (AvgIpc) is 3.23. The Hall–Kier alpha value is -1.16. The highest BCUT2D eigenvalue weighted by Crippen LogP contribution is 2.14. The fourth-order valence-corrected chi connectivity index (χ4v) is 4.20. The average molecular weight is 529 g/mol. The van der Waals surface area contributed by atoms with Gasteiger partial charge in [-0.05, 0) is 41.8 Å². The van der Waals surface area contributed by atoms with Crippen LogP contribution in [0.2, 0.25) is 0 Å². The third-order valence-corrected chi connectivity index (χ3v) is 6.22. The number of rotatable bonds is 7. The fraction of sp³-hybridized carbons (Fsp3) is 0.500. The number of nitrogens with one attached hydrogen (secondary N) is 1. The van der Waals surface area contributed by atoms with Gasteiger partial charge >= 0.3 is 0 Å². The van der Waals surface area contributed by atoms with Gasteiger partial charge in [0.25, 0.3) is 0 Å². The molecule has 5 nitrogen and oxygen atoms in total. The van der Waals surface area contributed by atoms with Crippen molar-refractivity contribution in [1.29, 1.82) is 0 Å². The lowest BCUT2D eigenvalue weighted by atomic mass is 10.1. The molecule has 1 saturated heterocycles. The second kappa shape index (κ2) is 12.5. The van der Waals surface area contributed by atoms with E-state index in [4.69, 9.17) is 0 Å². The van der Waals surface area contributed by atoms with Gasteiger partial charge in [0.05, 0.1) is 6.10 Å². The van der Waals surface area contributed by atoms with Gasteiger partial charge in [-0.25, -0.2) is 0 Å². The molecular weight excluding hydrogens is 495 g/mol. The summed E-state index contributed by atoms with van der Waals surface area (Å²) in [5, 5.41) is 15.2. The Kier molecular flexibility index (Phi) is 10.4. The number of aliphatic hydroxyl groups is 1. The van der Waals surface area contributed by atoms with Crippen LogP contribution in [0.1, 0.15) is 28.8 Å². The second-order valence-electron chi connectivity index (χ2n) is 7.48. The summed E-state index contributed by atoms with van der Waals surface area (Å²) in [5.41, 5.74) is 2.59. The zero-order valence-corrected chi connectivity index (χ0v) is 20.5. The van der Waals surface area contributed by atoms with Crippen molar-refractivity contribution < 1.29 is 5.11 Å². The molecule has 0 atom stereocenters. The van der Waals surface area contributed by atoms with Gasteiger partial charge in [0.1, 0.15) is 0 Å². The molecule has 2 heterocycles. The van der Waals surface area contributed by atoms with Crippen molar-refractivity contribution >= 4 is 41.3 Å². The summed E-state index contributed by atoms with van der Waals surface area (Å²) in [6.45, 7) is 4.65. The van der Waals surface area contributed by atoms with Gasteiger partial charge in [0.2, 0.25) is 0 Å². The van der Waals surface area contributed by atoms with Gasteiger partial charge in [0.15, 0.2) is 5.96 Å². The molecule has 1 aromatic heterocycles. The highest BCUT2D eigenvalue weighted by molar-refractivity contribution is 14.0. The first-order valence-corrected chi connectivity index (χ1v) is 10.9. The normalized spacial score (nSPS) is 15.8. The van der Waals surface area contributed by atoms with E-state index in [1.54, 1.807) is 11.3 Å². The molecule has 1 aromatic carbocycles. The quantitative estimate of drug-likeness (QED) is 0.328. The predicted octanol–water partition coefficient (Wildman–Crippen LogP) is 3.57. The van der Waals surface area contributed by atoms with Gasteiger partial charge in [-0.3, -0.25) is 9.89 Å². The summed E-state index contributed by atoms with van der Waals surface area (Å²) in [4.78, 5) is 10.4. The number of thiophene rings is 1. The van der Waals surface area contributed by atoms with E-state index in [0.29, 0.717) is 0 Å². The zero-order valence-electron chi connectivity index (χ0n) is 17.4. The van der Waals surface area contributed by atoms with Gasteiger partial charge in [-0.2, -0.15) is 0 Å². The maximum absolute atomic E-state index is 9.63. The van der Waals surface area contributed by atoms with Crippen LogP contribution in [0, 0.1) is 0 Å². The topological polar surface area (TPSA) is 51.1 Å². The molecule has 2 aromatic rings. The molecule has 1 aliphatic heterocycles. The summed E-state index contributed by atoms with van der Waals surface area (Å²) in [6.07, 6.45) is 2.71. The molecule has 0 saturated carbocycles. The van der Waals surface area contributed by atoms with E-state index in [-0.39, 0.29) is 30.1 Å². The fourth-order valence-electron chi connectivity index (χ4n) is 3.50. The van der Waals surface area contributed by atoms with E-state index >= 15 is 0 Å². The largest absolute Gasteiger partial charge is 0.393 e. The van der Waals surface area contributed by atoms with E-state index in [1.807, 2.05) is 7.05 Å². The summed E-state index contributed by atoms with van der Waals surface area (Å²) in [7, 11) is 3.92. The van der Waals surface area contributed by atoms with Crippen molar-refractivity contribution in [1.82, 2.24) is 15.1 Å². The van der Waals surface area contributed by atoms with Crippen LogP contribution < -0.4 is 5.32 Å². The monoisotopic (exact) mass is 528 g/mol. The maximum atomic E-state index is 9.63. The number of likely N-dealkylation sites (N-methyl/N-ethyl adjacent to an activating group) is 1. The molecule has 29 heavy (non-hydrogen) atoms. The Balaban J connectivity index is 0.00000300. The van der Waals surface area contributed by atoms with E-state index < -0.39 is 0 Å². The summed E-state index contributed by atoms with van der Waals surface area (Å²) in [5.74, 6) is 0.924. The van der Waals surface area contributed by atoms with Crippen molar-refractivity contribution in [3.05, 3.63) is 57.8 Å². The smallest absolute Gasteiger partial charge is 0.193 e. The number of halogens is 1. The zero-order chi connectivity index (χ0) is 19.8. The van der Waals surface area contributed by atoms with Crippen LogP contribution in [0.4, 0.5) is 0 Å². The van der Waals surface area contributed by atoms with E-state index in [1.165, 1.54) is 16.0 Å². The molecule has 2 N–H and O–H groups in total. The number of hydrogen-bond donors (Lipinski definition) is 2. The molecule has 0 bridgehead atoms. The SMILES string of the molecule is CN=C(NCc1ccc(CN2CCC(O)CC2)cc1)N(C)CCc1cccs1.I. The second-order valence-corrected chi connectivity index (χ2v) is 8.51. The van der Waals surface area contributed by atoms with Crippen molar-refractivity contribution in [3.8, 4) is 0 Å². The van der Waals surface area contributed by atoms with E-state index in [9.17, 15) is 5.11 Å². The Bertz CT molecular complexity index is 728. The van der Waals surface area contributed by atoms with Gasteiger partial charge in [-0.15, -0.1) is 35.3 Å². The molecule has 3 rings (SSSR count). The van der Waals surface area contributed by atoms with Crippen LogP contribution in [0.15, 0.2) is 46.8 Å². The van der Waals surface area contributed by atoms with E-state index in [2.05, 4.69) is 68.9 Å². The molecular formula is C22H33IN4OS. The number of piperidine rings is 1. The van der Waals surface area contributed by atoms with Gasteiger partial charge in [0, 0.05) is 51.7 Å². The highest BCUT2D eigenvalue weighted by atomic mass is 127. The van der Waals surface area contributed by atoms with Crippen molar-refractivity contribution in [2.45, 2.75) is 38.5 Å². The van der Waals surface area contributed by atoms with Crippen LogP contribution in [-0.4, -0.2) is 60.7 Å². The Labute approximate surface area is 195 Å². The molecule has 0 radical (unpaired) electrons. The minimum Gasteiger partial charge on any atom is -0.393 e. The minimum absolute atomic E-state index is 0. The van der Waals surface area contributed by atoms with Crippen molar-refractivity contribution in [2.24, 2.45) is 4.99 Å². The van der Waals surface area contributed by atoms with Crippen LogP contribution in [0.25, 0.3) is 0 Å². The molecule has 160 valence electrons. The third-order valence-electron chi connectivity index (χ3n) is 5.28. The maximum Gasteiger partial charge on any atom is 0.193 e. The first-order chi connectivity index (χ1) is 13.6. The van der Waals surface area contributed by atoms with Gasteiger partial charge in [-0.1, -0.05) is 30.3 Å². The summed E-state index contributed by atoms with van der Waals surface area (Å²) >= 11 is 1.81. The molecule has 0 amide bonds. The van der Waals surface area contributed by atoms with Crippen LogP contribution in [0.5, 0.6) is 0 Å². The number of guanidine groups is 1. The number of nitrogens with zero attached hydrogens (tertiary/aromatic N) is 3. The lowest BCUT2D eigenvalue weighted by molar-refractivity contribution is 0.0792. The lowest BCUT2D eigenvalue weighted by Crippen LogP contribution is -2.39. The lowest BCUT2D eigenvalue weighted by Gasteiger charge is -2.29.